The van der Waals surface area contributed by atoms with Crippen LogP contribution in [-0.4, -0.2) is 37.8 Å². The van der Waals surface area contributed by atoms with Crippen molar-refractivity contribution >= 4 is 15.9 Å². The number of sulfonamides is 1. The van der Waals surface area contributed by atoms with E-state index in [9.17, 15) is 13.2 Å². The Morgan fingerprint density at radius 1 is 0.931 bits per heavy atom. The second-order valence-corrected chi connectivity index (χ2v) is 10.9. The molecule has 162 valence electrons. The predicted octanol–water partition coefficient (Wildman–Crippen LogP) is 4.44. The van der Waals surface area contributed by atoms with Crippen LogP contribution in [0.15, 0.2) is 29.2 Å². The van der Waals surface area contributed by atoms with Gasteiger partial charge in [0.05, 0.1) is 4.90 Å². The Kier molecular flexibility index (Phi) is 7.74. The van der Waals surface area contributed by atoms with Gasteiger partial charge in [0.2, 0.25) is 15.9 Å². The molecule has 1 aliphatic carbocycles. The minimum atomic E-state index is -3.49. The van der Waals surface area contributed by atoms with Gasteiger partial charge in [-0.2, -0.15) is 4.31 Å². The Labute approximate surface area is 176 Å². The van der Waals surface area contributed by atoms with E-state index >= 15 is 0 Å². The molecule has 1 amide bonds. The number of amides is 1. The molecule has 0 atom stereocenters. The van der Waals surface area contributed by atoms with Crippen molar-refractivity contribution in [1.29, 1.82) is 0 Å². The molecule has 0 spiro atoms. The zero-order valence-corrected chi connectivity index (χ0v) is 18.7. The van der Waals surface area contributed by atoms with Crippen LogP contribution in [0.4, 0.5) is 0 Å². The Hall–Kier alpha value is -1.40. The molecule has 29 heavy (non-hydrogen) atoms. The summed E-state index contributed by atoms with van der Waals surface area (Å²) >= 11 is 0. The van der Waals surface area contributed by atoms with Crippen LogP contribution in [-0.2, 0) is 14.8 Å². The third kappa shape index (κ3) is 5.82. The lowest BCUT2D eigenvalue weighted by molar-refractivity contribution is -0.127. The van der Waals surface area contributed by atoms with E-state index in [0.29, 0.717) is 42.8 Å². The first-order valence-electron chi connectivity index (χ1n) is 11.3. The lowest BCUT2D eigenvalue weighted by Gasteiger charge is -2.32. The standard InChI is InChI=1S/C23H36N2O3S/c1-18(2)19-10-12-22(13-11-19)29(27,28)25-16-14-20(15-17-25)23(26)24-21-8-6-4-3-5-7-9-21/h10-13,18,20-21H,3-9,14-17H2,1-2H3,(H,24,26). The van der Waals surface area contributed by atoms with Crippen LogP contribution in [0, 0.1) is 5.92 Å². The first-order valence-corrected chi connectivity index (χ1v) is 12.7. The van der Waals surface area contributed by atoms with Crippen molar-refractivity contribution < 1.29 is 13.2 Å². The van der Waals surface area contributed by atoms with E-state index in [4.69, 9.17) is 0 Å². The number of rotatable bonds is 5. The molecule has 0 aromatic heterocycles. The molecule has 1 saturated heterocycles. The molecule has 1 N–H and O–H groups in total. The van der Waals surface area contributed by atoms with Crippen molar-refractivity contribution in [3.8, 4) is 0 Å². The van der Waals surface area contributed by atoms with E-state index in [2.05, 4.69) is 19.2 Å². The molecule has 6 heteroatoms. The Morgan fingerprint density at radius 3 is 2.03 bits per heavy atom. The Bertz CT molecular complexity index is 758. The van der Waals surface area contributed by atoms with Gasteiger partial charge in [0, 0.05) is 25.0 Å². The van der Waals surface area contributed by atoms with Gasteiger partial charge in [-0.25, -0.2) is 8.42 Å². The fraction of sp³-hybridized carbons (Fsp3) is 0.696. The molecule has 1 saturated carbocycles. The maximum atomic E-state index is 13.0. The molecule has 0 bridgehead atoms. The van der Waals surface area contributed by atoms with Crippen molar-refractivity contribution in [2.75, 3.05) is 13.1 Å². The number of nitrogens with one attached hydrogen (secondary N) is 1. The smallest absolute Gasteiger partial charge is 0.243 e. The minimum Gasteiger partial charge on any atom is -0.353 e. The van der Waals surface area contributed by atoms with Crippen LogP contribution in [0.1, 0.15) is 83.1 Å². The van der Waals surface area contributed by atoms with E-state index in [1.165, 1.54) is 36.4 Å². The molecule has 1 aliphatic heterocycles. The van der Waals surface area contributed by atoms with Crippen molar-refractivity contribution in [3.05, 3.63) is 29.8 Å². The maximum absolute atomic E-state index is 13.0. The summed E-state index contributed by atoms with van der Waals surface area (Å²) in [7, 11) is -3.49. The molecule has 1 aromatic rings. The van der Waals surface area contributed by atoms with Crippen LogP contribution >= 0.6 is 0 Å². The van der Waals surface area contributed by atoms with Crippen molar-refractivity contribution in [2.45, 2.75) is 88.5 Å². The zero-order valence-electron chi connectivity index (χ0n) is 17.9. The summed E-state index contributed by atoms with van der Waals surface area (Å²) in [5.41, 5.74) is 1.13. The van der Waals surface area contributed by atoms with Gasteiger partial charge < -0.3 is 5.32 Å². The topological polar surface area (TPSA) is 66.5 Å². The number of carbonyl (C=O) groups is 1. The lowest BCUT2D eigenvalue weighted by Crippen LogP contribution is -2.45. The maximum Gasteiger partial charge on any atom is 0.243 e. The largest absolute Gasteiger partial charge is 0.353 e. The number of hydrogen-bond acceptors (Lipinski definition) is 3. The highest BCUT2D eigenvalue weighted by Crippen LogP contribution is 2.26. The first kappa shape index (κ1) is 22.3. The van der Waals surface area contributed by atoms with Gasteiger partial charge in [-0.1, -0.05) is 58.1 Å². The van der Waals surface area contributed by atoms with E-state index in [-0.39, 0.29) is 11.8 Å². The molecule has 2 fully saturated rings. The number of carbonyl (C=O) groups excluding carboxylic acids is 1. The fourth-order valence-corrected chi connectivity index (χ4v) is 5.92. The molecule has 1 aromatic carbocycles. The van der Waals surface area contributed by atoms with Crippen LogP contribution in [0.5, 0.6) is 0 Å². The average molecular weight is 421 g/mol. The molecule has 0 unspecified atom stereocenters. The number of hydrogen-bond donors (Lipinski definition) is 1. The van der Waals surface area contributed by atoms with Crippen LogP contribution in [0.25, 0.3) is 0 Å². The van der Waals surface area contributed by atoms with E-state index < -0.39 is 10.0 Å². The third-order valence-electron chi connectivity index (χ3n) is 6.46. The average Bonchev–Trinajstić information content (AvgIpc) is 2.70. The van der Waals surface area contributed by atoms with Crippen LogP contribution < -0.4 is 5.32 Å². The Balaban J connectivity index is 1.54. The fourth-order valence-electron chi connectivity index (χ4n) is 4.45. The highest BCUT2D eigenvalue weighted by atomic mass is 32.2. The molecule has 2 aliphatic rings. The van der Waals surface area contributed by atoms with Crippen molar-refractivity contribution in [3.63, 3.8) is 0 Å². The molecule has 1 heterocycles. The normalized spacial score (nSPS) is 20.9. The van der Waals surface area contributed by atoms with Gasteiger partial charge in [-0.15, -0.1) is 0 Å². The minimum absolute atomic E-state index is 0.0739. The first-order chi connectivity index (χ1) is 13.9. The predicted molar refractivity (Wildman–Crippen MR) is 116 cm³/mol. The van der Waals surface area contributed by atoms with Crippen molar-refractivity contribution in [2.24, 2.45) is 5.92 Å². The number of nitrogens with zero attached hydrogens (tertiary/aromatic N) is 1. The SMILES string of the molecule is CC(C)c1ccc(S(=O)(=O)N2CCC(C(=O)NC3CCCCCCC3)CC2)cc1. The second-order valence-electron chi connectivity index (χ2n) is 8.95. The molecule has 0 radical (unpaired) electrons. The van der Waals surface area contributed by atoms with E-state index in [1.807, 2.05) is 12.1 Å². The number of benzene rings is 1. The van der Waals surface area contributed by atoms with E-state index in [1.54, 1.807) is 12.1 Å². The van der Waals surface area contributed by atoms with Gasteiger partial charge in [0.25, 0.3) is 0 Å². The summed E-state index contributed by atoms with van der Waals surface area (Å²) in [6.45, 7) is 5.01. The van der Waals surface area contributed by atoms with Gasteiger partial charge in [-0.3, -0.25) is 4.79 Å². The van der Waals surface area contributed by atoms with Gasteiger partial charge in [-0.05, 0) is 49.3 Å². The summed E-state index contributed by atoms with van der Waals surface area (Å²) in [4.78, 5) is 13.1. The van der Waals surface area contributed by atoms with Crippen LogP contribution in [0.2, 0.25) is 0 Å². The lowest BCUT2D eigenvalue weighted by atomic mass is 9.94. The Morgan fingerprint density at radius 2 is 1.48 bits per heavy atom. The van der Waals surface area contributed by atoms with Gasteiger partial charge in [0.1, 0.15) is 0 Å². The second kappa shape index (κ2) is 10.1. The monoisotopic (exact) mass is 420 g/mol. The zero-order chi connectivity index (χ0) is 20.9. The molecular weight excluding hydrogens is 384 g/mol. The van der Waals surface area contributed by atoms with E-state index in [0.717, 1.165) is 18.4 Å². The summed E-state index contributed by atoms with van der Waals surface area (Å²) < 4.78 is 27.5. The summed E-state index contributed by atoms with van der Waals surface area (Å²) in [6.07, 6.45) is 9.57. The quantitative estimate of drug-likeness (QED) is 0.766. The highest BCUT2D eigenvalue weighted by molar-refractivity contribution is 7.89. The summed E-state index contributed by atoms with van der Waals surface area (Å²) in [5.74, 6) is 0.419. The van der Waals surface area contributed by atoms with Crippen molar-refractivity contribution in [1.82, 2.24) is 9.62 Å². The van der Waals surface area contributed by atoms with Gasteiger partial charge >= 0.3 is 0 Å². The third-order valence-corrected chi connectivity index (χ3v) is 8.37. The molecule has 5 nitrogen and oxygen atoms in total. The summed E-state index contributed by atoms with van der Waals surface area (Å²) in [6, 6.07) is 7.50. The molecular formula is C23H36N2O3S. The molecule has 3 rings (SSSR count). The van der Waals surface area contributed by atoms with Crippen LogP contribution in [0.3, 0.4) is 0 Å². The van der Waals surface area contributed by atoms with Gasteiger partial charge in [0.15, 0.2) is 0 Å². The highest BCUT2D eigenvalue weighted by Gasteiger charge is 2.32. The number of piperidine rings is 1. The summed E-state index contributed by atoms with van der Waals surface area (Å²) in [5, 5.41) is 3.25.